The van der Waals surface area contributed by atoms with E-state index in [9.17, 15) is 4.39 Å². The molecule has 0 bridgehead atoms. The molecule has 21 heavy (non-hydrogen) atoms. The Morgan fingerprint density at radius 2 is 2.10 bits per heavy atom. The minimum absolute atomic E-state index is 0.00581. The number of benzene rings is 1. The molecule has 1 N–H and O–H groups in total. The lowest BCUT2D eigenvalue weighted by molar-refractivity contribution is 0.630. The summed E-state index contributed by atoms with van der Waals surface area (Å²) in [5.41, 5.74) is 0.233. The van der Waals surface area contributed by atoms with Gasteiger partial charge in [0.05, 0.1) is 5.69 Å². The van der Waals surface area contributed by atoms with E-state index >= 15 is 0 Å². The number of hydrogen-bond donors (Lipinski definition) is 1. The first-order valence-corrected chi connectivity index (χ1v) is 6.91. The zero-order valence-electron chi connectivity index (χ0n) is 10.3. The summed E-state index contributed by atoms with van der Waals surface area (Å²) in [5, 5.41) is 2.76. The smallest absolute Gasteiger partial charge is 0.241 e. The maximum absolute atomic E-state index is 13.8. The molecule has 0 aliphatic carbocycles. The Morgan fingerprint density at radius 3 is 2.81 bits per heavy atom. The summed E-state index contributed by atoms with van der Waals surface area (Å²) in [4.78, 5) is 16.0. The lowest BCUT2D eigenvalue weighted by Gasteiger charge is -2.08. The van der Waals surface area contributed by atoms with Crippen molar-refractivity contribution in [2.24, 2.45) is 0 Å². The highest BCUT2D eigenvalue weighted by molar-refractivity contribution is 9.10. The molecule has 6 nitrogen and oxygen atoms in total. The minimum Gasteiger partial charge on any atom is -0.321 e. The number of rotatable bonds is 3. The average molecular weight is 370 g/mol. The predicted molar refractivity (Wildman–Crippen MR) is 79.3 cm³/mol. The van der Waals surface area contributed by atoms with Crippen molar-refractivity contribution in [3.8, 4) is 5.95 Å². The van der Waals surface area contributed by atoms with Crippen LogP contribution in [0.4, 0.5) is 16.0 Å². The summed E-state index contributed by atoms with van der Waals surface area (Å²) in [5.74, 6) is -0.0162. The van der Waals surface area contributed by atoms with Crippen LogP contribution < -0.4 is 5.32 Å². The van der Waals surface area contributed by atoms with Crippen LogP contribution >= 0.6 is 27.5 Å². The normalized spacial score (nSPS) is 10.6. The number of halogens is 3. The molecule has 0 aliphatic rings. The highest BCUT2D eigenvalue weighted by Gasteiger charge is 2.09. The number of hydrogen-bond acceptors (Lipinski definition) is 5. The van der Waals surface area contributed by atoms with E-state index in [0.717, 1.165) is 0 Å². The van der Waals surface area contributed by atoms with Crippen molar-refractivity contribution in [3.63, 3.8) is 0 Å². The average Bonchev–Trinajstić information content (AvgIpc) is 2.95. The standard InChI is InChI=1S/C12H7BrClFN6/c13-7-1-2-9(8(15)5-7)17-11-18-10(14)19-12(20-11)21-4-3-16-6-21/h1-6H,(H,17,18,19,20). The molecular weight excluding hydrogens is 363 g/mol. The summed E-state index contributed by atoms with van der Waals surface area (Å²) >= 11 is 9.05. The van der Waals surface area contributed by atoms with E-state index in [1.54, 1.807) is 29.1 Å². The molecule has 3 rings (SSSR count). The molecule has 1 aromatic carbocycles. The van der Waals surface area contributed by atoms with Crippen molar-refractivity contribution in [1.29, 1.82) is 0 Å². The fraction of sp³-hybridized carbons (Fsp3) is 0. The summed E-state index contributed by atoms with van der Waals surface area (Å²) in [6.07, 6.45) is 4.77. The SMILES string of the molecule is Fc1cc(Br)ccc1Nc1nc(Cl)nc(-n2ccnc2)n1. The van der Waals surface area contributed by atoms with Gasteiger partial charge in [-0.05, 0) is 29.8 Å². The van der Waals surface area contributed by atoms with Crippen LogP contribution in [0, 0.1) is 5.82 Å². The molecule has 0 saturated heterocycles. The van der Waals surface area contributed by atoms with Gasteiger partial charge >= 0.3 is 0 Å². The molecule has 0 aliphatic heterocycles. The van der Waals surface area contributed by atoms with Crippen molar-refractivity contribution in [2.75, 3.05) is 5.32 Å². The number of nitrogens with zero attached hydrogens (tertiary/aromatic N) is 5. The second-order valence-corrected chi connectivity index (χ2v) is 5.20. The Bertz CT molecular complexity index is 779. The molecule has 9 heteroatoms. The third kappa shape index (κ3) is 3.17. The van der Waals surface area contributed by atoms with Crippen molar-refractivity contribution in [1.82, 2.24) is 24.5 Å². The molecule has 2 aromatic heterocycles. The van der Waals surface area contributed by atoms with Crippen molar-refractivity contribution in [3.05, 3.63) is 52.5 Å². The molecule has 0 spiro atoms. The van der Waals surface area contributed by atoms with Crippen LogP contribution in [0.2, 0.25) is 5.28 Å². The maximum Gasteiger partial charge on any atom is 0.241 e. The first-order valence-electron chi connectivity index (χ1n) is 5.74. The lowest BCUT2D eigenvalue weighted by atomic mass is 10.3. The highest BCUT2D eigenvalue weighted by atomic mass is 79.9. The van der Waals surface area contributed by atoms with Crippen LogP contribution in [0.25, 0.3) is 5.95 Å². The fourth-order valence-electron chi connectivity index (χ4n) is 1.60. The third-order valence-corrected chi connectivity index (χ3v) is 3.17. The summed E-state index contributed by atoms with van der Waals surface area (Å²) in [6.45, 7) is 0. The van der Waals surface area contributed by atoms with Crippen LogP contribution in [0.15, 0.2) is 41.4 Å². The second-order valence-electron chi connectivity index (χ2n) is 3.95. The number of anilines is 2. The third-order valence-electron chi connectivity index (χ3n) is 2.51. The molecule has 0 fully saturated rings. The number of aromatic nitrogens is 5. The number of nitrogens with one attached hydrogen (secondary N) is 1. The van der Waals surface area contributed by atoms with Gasteiger partial charge in [-0.15, -0.1) is 0 Å². The van der Waals surface area contributed by atoms with Crippen LogP contribution in [0.3, 0.4) is 0 Å². The Morgan fingerprint density at radius 1 is 1.24 bits per heavy atom. The van der Waals surface area contributed by atoms with Gasteiger partial charge in [0.1, 0.15) is 12.1 Å². The quantitative estimate of drug-likeness (QED) is 0.767. The van der Waals surface area contributed by atoms with Crippen molar-refractivity contribution < 1.29 is 4.39 Å². The number of imidazole rings is 1. The van der Waals surface area contributed by atoms with Gasteiger partial charge < -0.3 is 5.32 Å². The summed E-state index contributed by atoms with van der Waals surface area (Å²) in [6, 6.07) is 4.60. The monoisotopic (exact) mass is 368 g/mol. The fourth-order valence-corrected chi connectivity index (χ4v) is 2.09. The molecule has 0 radical (unpaired) electrons. The molecule has 2 heterocycles. The van der Waals surface area contributed by atoms with E-state index in [1.165, 1.54) is 12.4 Å². The summed E-state index contributed by atoms with van der Waals surface area (Å²) in [7, 11) is 0. The molecule has 0 amide bonds. The Kier molecular flexibility index (Phi) is 3.80. The molecule has 106 valence electrons. The van der Waals surface area contributed by atoms with Gasteiger partial charge in [-0.1, -0.05) is 15.9 Å². The van der Waals surface area contributed by atoms with Crippen LogP contribution in [-0.4, -0.2) is 24.5 Å². The topological polar surface area (TPSA) is 68.5 Å². The molecule has 0 saturated carbocycles. The Balaban J connectivity index is 1.95. The predicted octanol–water partition coefficient (Wildman–Crippen LogP) is 3.36. The minimum atomic E-state index is -0.440. The van der Waals surface area contributed by atoms with Crippen molar-refractivity contribution in [2.45, 2.75) is 0 Å². The van der Waals surface area contributed by atoms with Crippen molar-refractivity contribution >= 4 is 39.2 Å². The van der Waals surface area contributed by atoms with E-state index in [-0.39, 0.29) is 22.9 Å². The Labute approximate surface area is 132 Å². The first-order chi connectivity index (χ1) is 10.1. The maximum atomic E-state index is 13.8. The zero-order valence-corrected chi connectivity index (χ0v) is 12.7. The van der Waals surface area contributed by atoms with E-state index < -0.39 is 5.82 Å². The van der Waals surface area contributed by atoms with E-state index in [2.05, 4.69) is 41.2 Å². The summed E-state index contributed by atoms with van der Waals surface area (Å²) < 4.78 is 16.0. The molecule has 0 atom stereocenters. The van der Waals surface area contributed by atoms with Gasteiger partial charge in [0.15, 0.2) is 0 Å². The zero-order chi connectivity index (χ0) is 14.8. The van der Waals surface area contributed by atoms with E-state index in [0.29, 0.717) is 4.47 Å². The molecule has 3 aromatic rings. The van der Waals surface area contributed by atoms with Gasteiger partial charge in [0.25, 0.3) is 0 Å². The molecular formula is C12H7BrClFN6. The van der Waals surface area contributed by atoms with E-state index in [4.69, 9.17) is 11.6 Å². The molecule has 0 unspecified atom stereocenters. The van der Waals surface area contributed by atoms with Crippen LogP contribution in [0.1, 0.15) is 0 Å². The largest absolute Gasteiger partial charge is 0.321 e. The van der Waals surface area contributed by atoms with Gasteiger partial charge in [-0.2, -0.15) is 15.0 Å². The van der Waals surface area contributed by atoms with E-state index in [1.807, 2.05) is 0 Å². The second kappa shape index (κ2) is 5.74. The highest BCUT2D eigenvalue weighted by Crippen LogP contribution is 2.22. The first kappa shape index (κ1) is 13.9. The Hall–Kier alpha value is -2.06. The van der Waals surface area contributed by atoms with Crippen LogP contribution in [0.5, 0.6) is 0 Å². The van der Waals surface area contributed by atoms with Gasteiger partial charge in [0, 0.05) is 16.9 Å². The van der Waals surface area contributed by atoms with Gasteiger partial charge in [-0.3, -0.25) is 4.57 Å². The lowest BCUT2D eigenvalue weighted by Crippen LogP contribution is -2.06. The van der Waals surface area contributed by atoms with Crippen LogP contribution in [-0.2, 0) is 0 Å². The van der Waals surface area contributed by atoms with Gasteiger partial charge in [0.2, 0.25) is 17.2 Å². The van der Waals surface area contributed by atoms with Gasteiger partial charge in [-0.25, -0.2) is 9.37 Å².